The Bertz CT molecular complexity index is 66.1. The molecular weight excluding hydrogens is 119 g/mol. The third-order valence-corrected chi connectivity index (χ3v) is 0.655. The summed E-state index contributed by atoms with van der Waals surface area (Å²) in [4.78, 5) is 0. The molecule has 1 aliphatic carbocycles. The van der Waals surface area contributed by atoms with E-state index in [0.717, 1.165) is 6.42 Å². The van der Waals surface area contributed by atoms with Crippen LogP contribution in [0.25, 0.3) is 0 Å². The molecule has 0 spiro atoms. The molecule has 7 heavy (non-hydrogen) atoms. The normalized spacial score (nSPS) is 12.6. The van der Waals surface area contributed by atoms with Crippen molar-refractivity contribution in [3.05, 3.63) is 24.3 Å². The maximum absolute atomic E-state index is 2.12. The van der Waals surface area contributed by atoms with Gasteiger partial charge < -0.3 is 0 Å². The Morgan fingerprint density at radius 2 is 1.43 bits per heavy atom. The minimum atomic E-state index is 0. The van der Waals surface area contributed by atoms with Crippen molar-refractivity contribution in [3.63, 3.8) is 0 Å². The summed E-state index contributed by atoms with van der Waals surface area (Å²) in [5, 5.41) is 0. The van der Waals surface area contributed by atoms with Crippen LogP contribution in [0.4, 0.5) is 4.70 Å². The minimum absolute atomic E-state index is 0. The molecule has 38 valence electrons. The van der Waals surface area contributed by atoms with E-state index in [2.05, 4.69) is 24.3 Å². The van der Waals surface area contributed by atoms with E-state index in [4.69, 9.17) is 0 Å². The van der Waals surface area contributed by atoms with E-state index < -0.39 is 0 Å². The molecule has 0 N–H and O–H groups in total. The second-order valence-corrected chi connectivity index (χ2v) is 1.09. The molecule has 0 aliphatic heterocycles. The van der Waals surface area contributed by atoms with Crippen molar-refractivity contribution in [2.24, 2.45) is 0 Å². The van der Waals surface area contributed by atoms with Gasteiger partial charge in [-0.2, -0.15) is 0 Å². The Kier molecular flexibility index (Phi) is 10.1. The van der Waals surface area contributed by atoms with Crippen molar-refractivity contribution in [1.82, 2.24) is 0 Å². The molecule has 0 heterocycles. The van der Waals surface area contributed by atoms with Crippen molar-refractivity contribution >= 4 is 37.7 Å². The van der Waals surface area contributed by atoms with E-state index in [1.54, 1.807) is 0 Å². The summed E-state index contributed by atoms with van der Waals surface area (Å²) in [5.41, 5.74) is 0. The van der Waals surface area contributed by atoms with E-state index in [1.807, 2.05) is 0 Å². The van der Waals surface area contributed by atoms with Crippen LogP contribution in [0.3, 0.4) is 0 Å². The molecule has 1 rings (SSSR count). The summed E-state index contributed by atoms with van der Waals surface area (Å²) in [6.45, 7) is 0. The van der Waals surface area contributed by atoms with Gasteiger partial charge in [-0.15, -0.1) is 0 Å². The Hall–Kier alpha value is 0.670. The molecular formula is C5H9CaF. The SMILES string of the molecule is C1=CCC=C1.F.[CaH2]. The average Bonchev–Trinajstić information content (AvgIpc) is 1.76. The number of hydrogen-bond donors (Lipinski definition) is 0. The van der Waals surface area contributed by atoms with E-state index >= 15 is 0 Å². The van der Waals surface area contributed by atoms with Crippen LogP contribution in [0.1, 0.15) is 6.42 Å². The molecule has 1 aliphatic rings. The van der Waals surface area contributed by atoms with Crippen LogP contribution < -0.4 is 0 Å². The van der Waals surface area contributed by atoms with Crippen LogP contribution in [0.5, 0.6) is 0 Å². The summed E-state index contributed by atoms with van der Waals surface area (Å²) in [7, 11) is 0. The third kappa shape index (κ3) is 4.52. The first-order chi connectivity index (χ1) is 2.50. The molecule has 0 saturated carbocycles. The quantitative estimate of drug-likeness (QED) is 0.422. The number of hydrogen-bond acceptors (Lipinski definition) is 0. The number of allylic oxidation sites excluding steroid dienone is 4. The van der Waals surface area contributed by atoms with E-state index in [0.29, 0.717) is 0 Å². The topological polar surface area (TPSA) is 0 Å². The zero-order valence-electron chi connectivity index (χ0n) is 3.42. The van der Waals surface area contributed by atoms with Crippen molar-refractivity contribution in [1.29, 1.82) is 0 Å². The first-order valence-corrected chi connectivity index (χ1v) is 1.82. The van der Waals surface area contributed by atoms with E-state index in [9.17, 15) is 0 Å². The van der Waals surface area contributed by atoms with Gasteiger partial charge in [0.15, 0.2) is 0 Å². The predicted molar refractivity (Wildman–Crippen MR) is 33.9 cm³/mol. The van der Waals surface area contributed by atoms with E-state index in [-0.39, 0.29) is 42.4 Å². The molecule has 0 nitrogen and oxygen atoms in total. The fraction of sp³-hybridized carbons (Fsp3) is 0.200. The van der Waals surface area contributed by atoms with Gasteiger partial charge in [0.1, 0.15) is 0 Å². The summed E-state index contributed by atoms with van der Waals surface area (Å²) in [5.74, 6) is 0. The number of rotatable bonds is 0. The van der Waals surface area contributed by atoms with E-state index in [1.165, 1.54) is 0 Å². The Balaban J connectivity index is 0. The standard InChI is InChI=1S/C5H6.Ca.FH.2H/c1-2-4-5-3-1;;;;/h1-4H,5H2;;1H;;. The fourth-order valence-corrected chi connectivity index (χ4v) is 0.393. The second-order valence-electron chi connectivity index (χ2n) is 1.09. The van der Waals surface area contributed by atoms with Gasteiger partial charge in [0.25, 0.3) is 0 Å². The zero-order chi connectivity index (χ0) is 3.54. The van der Waals surface area contributed by atoms with Crippen molar-refractivity contribution in [2.75, 3.05) is 0 Å². The molecule has 0 saturated heterocycles. The van der Waals surface area contributed by atoms with Crippen LogP contribution in [0.2, 0.25) is 0 Å². The van der Waals surface area contributed by atoms with Gasteiger partial charge in [0.05, 0.1) is 0 Å². The number of halogens is 1. The van der Waals surface area contributed by atoms with Gasteiger partial charge in [0, 0.05) is 0 Å². The van der Waals surface area contributed by atoms with Crippen LogP contribution in [0.15, 0.2) is 24.3 Å². The van der Waals surface area contributed by atoms with Crippen LogP contribution in [-0.2, 0) is 0 Å². The molecule has 0 amide bonds. The summed E-state index contributed by atoms with van der Waals surface area (Å²) in [6.07, 6.45) is 9.50. The summed E-state index contributed by atoms with van der Waals surface area (Å²) in [6, 6.07) is 0. The first kappa shape index (κ1) is 10.6. The van der Waals surface area contributed by atoms with Gasteiger partial charge in [-0.3, -0.25) is 4.70 Å². The molecule has 0 radical (unpaired) electrons. The monoisotopic (exact) mass is 128 g/mol. The van der Waals surface area contributed by atoms with Gasteiger partial charge in [-0.25, -0.2) is 0 Å². The van der Waals surface area contributed by atoms with Gasteiger partial charge >= 0.3 is 37.7 Å². The van der Waals surface area contributed by atoms with Crippen molar-refractivity contribution in [2.45, 2.75) is 6.42 Å². The first-order valence-electron chi connectivity index (χ1n) is 1.82. The third-order valence-electron chi connectivity index (χ3n) is 0.655. The van der Waals surface area contributed by atoms with Crippen molar-refractivity contribution < 1.29 is 4.70 Å². The van der Waals surface area contributed by atoms with Gasteiger partial charge in [-0.05, 0) is 6.42 Å². The van der Waals surface area contributed by atoms with Crippen molar-refractivity contribution in [3.8, 4) is 0 Å². The predicted octanol–water partition coefficient (Wildman–Crippen LogP) is 0.739. The second kappa shape index (κ2) is 6.67. The summed E-state index contributed by atoms with van der Waals surface area (Å²) < 4.78 is 0. The molecule has 2 heteroatoms. The maximum atomic E-state index is 2.12. The molecule has 0 aromatic carbocycles. The molecule has 0 aromatic rings. The van der Waals surface area contributed by atoms with Gasteiger partial charge in [0.2, 0.25) is 0 Å². The van der Waals surface area contributed by atoms with Crippen LogP contribution in [-0.4, -0.2) is 37.7 Å². The average molecular weight is 128 g/mol. The molecule has 0 aromatic heterocycles. The van der Waals surface area contributed by atoms with Gasteiger partial charge in [-0.1, -0.05) is 24.3 Å². The Morgan fingerprint density at radius 3 is 1.57 bits per heavy atom. The molecule has 0 fully saturated rings. The van der Waals surface area contributed by atoms with Crippen LogP contribution >= 0.6 is 0 Å². The molecule has 0 atom stereocenters. The Morgan fingerprint density at radius 1 is 1.00 bits per heavy atom. The summed E-state index contributed by atoms with van der Waals surface area (Å²) >= 11 is 0. The molecule has 0 unspecified atom stereocenters. The van der Waals surface area contributed by atoms with Crippen LogP contribution in [0, 0.1) is 0 Å². The fourth-order valence-electron chi connectivity index (χ4n) is 0.393. The Labute approximate surface area is 72.7 Å². The molecule has 0 bridgehead atoms. The zero-order valence-corrected chi connectivity index (χ0v) is 3.42.